The highest BCUT2D eigenvalue weighted by Crippen LogP contribution is 2.24. The molecule has 0 saturated carbocycles. The van der Waals surface area contributed by atoms with Gasteiger partial charge in [-0.2, -0.15) is 5.10 Å². The molecule has 0 saturated heterocycles. The molecule has 0 unspecified atom stereocenters. The van der Waals surface area contributed by atoms with Gasteiger partial charge in [-0.15, -0.1) is 0 Å². The standard InChI is InChI=1S/C14H10BrFN4O2S/c15-10-6-5-9(7-13(10)20(21)22)8-17-19-14(23)18-12-4-2-1-3-11(12)16/h1-8H,(H2,18,19,23)/b17-8-. The fourth-order valence-electron chi connectivity index (χ4n) is 1.63. The van der Waals surface area contributed by atoms with Gasteiger partial charge in [0.15, 0.2) is 5.11 Å². The minimum absolute atomic E-state index is 0.0685. The number of thiocarbonyl (C=S) groups is 1. The van der Waals surface area contributed by atoms with E-state index in [9.17, 15) is 14.5 Å². The van der Waals surface area contributed by atoms with E-state index in [0.29, 0.717) is 10.0 Å². The summed E-state index contributed by atoms with van der Waals surface area (Å²) in [5.41, 5.74) is 3.18. The highest BCUT2D eigenvalue weighted by molar-refractivity contribution is 9.10. The monoisotopic (exact) mass is 396 g/mol. The molecule has 6 nitrogen and oxygen atoms in total. The molecule has 0 aliphatic heterocycles. The molecule has 2 aromatic rings. The Morgan fingerprint density at radius 2 is 2.09 bits per heavy atom. The van der Waals surface area contributed by atoms with Crippen LogP contribution in [0.1, 0.15) is 5.56 Å². The summed E-state index contributed by atoms with van der Waals surface area (Å²) in [5.74, 6) is -0.441. The highest BCUT2D eigenvalue weighted by Gasteiger charge is 2.11. The first-order valence-corrected chi connectivity index (χ1v) is 7.46. The molecule has 0 fully saturated rings. The van der Waals surface area contributed by atoms with E-state index in [1.807, 2.05) is 0 Å². The van der Waals surface area contributed by atoms with E-state index < -0.39 is 10.7 Å². The van der Waals surface area contributed by atoms with Crippen molar-refractivity contribution in [2.75, 3.05) is 5.32 Å². The molecule has 0 radical (unpaired) electrons. The van der Waals surface area contributed by atoms with Crippen LogP contribution in [0, 0.1) is 15.9 Å². The Morgan fingerprint density at radius 1 is 1.35 bits per heavy atom. The molecule has 2 aromatic carbocycles. The predicted octanol–water partition coefficient (Wildman–Crippen LogP) is 3.82. The molecule has 0 aromatic heterocycles. The summed E-state index contributed by atoms with van der Waals surface area (Å²) in [4.78, 5) is 10.3. The van der Waals surface area contributed by atoms with Crippen molar-refractivity contribution < 1.29 is 9.31 Å². The second-order valence-electron chi connectivity index (χ2n) is 4.27. The summed E-state index contributed by atoms with van der Waals surface area (Å²) in [6.45, 7) is 0. The zero-order chi connectivity index (χ0) is 16.8. The lowest BCUT2D eigenvalue weighted by Crippen LogP contribution is -2.24. The van der Waals surface area contributed by atoms with Crippen LogP contribution in [0.3, 0.4) is 0 Å². The van der Waals surface area contributed by atoms with Crippen molar-refractivity contribution in [3.63, 3.8) is 0 Å². The molecular formula is C14H10BrFN4O2S. The van der Waals surface area contributed by atoms with E-state index in [2.05, 4.69) is 31.8 Å². The van der Waals surface area contributed by atoms with Crippen LogP contribution in [0.2, 0.25) is 0 Å². The van der Waals surface area contributed by atoms with Gasteiger partial charge in [-0.1, -0.05) is 18.2 Å². The van der Waals surface area contributed by atoms with E-state index >= 15 is 0 Å². The van der Waals surface area contributed by atoms with E-state index in [0.717, 1.165) is 0 Å². The number of halogens is 2. The summed E-state index contributed by atoms with van der Waals surface area (Å²) in [5, 5.41) is 17.4. The summed E-state index contributed by atoms with van der Waals surface area (Å²) >= 11 is 8.08. The van der Waals surface area contributed by atoms with Crippen molar-refractivity contribution >= 4 is 50.8 Å². The Labute approximate surface area is 144 Å². The van der Waals surface area contributed by atoms with Gasteiger partial charge < -0.3 is 5.32 Å². The fraction of sp³-hybridized carbons (Fsp3) is 0. The maximum Gasteiger partial charge on any atom is 0.284 e. The first-order valence-electron chi connectivity index (χ1n) is 6.26. The molecule has 2 N–H and O–H groups in total. The summed E-state index contributed by atoms with van der Waals surface area (Å²) in [7, 11) is 0. The van der Waals surface area contributed by atoms with Crippen molar-refractivity contribution in [1.82, 2.24) is 5.43 Å². The number of nitro groups is 1. The molecule has 9 heteroatoms. The van der Waals surface area contributed by atoms with Crippen LogP contribution in [-0.4, -0.2) is 16.3 Å². The molecule has 2 rings (SSSR count). The van der Waals surface area contributed by atoms with Crippen LogP contribution < -0.4 is 10.7 Å². The number of para-hydroxylation sites is 1. The molecule has 0 aliphatic carbocycles. The number of hydrogen-bond donors (Lipinski definition) is 2. The second kappa shape index (κ2) is 7.75. The van der Waals surface area contributed by atoms with Gasteiger partial charge in [0, 0.05) is 11.6 Å². The van der Waals surface area contributed by atoms with Gasteiger partial charge in [0.1, 0.15) is 5.82 Å². The topological polar surface area (TPSA) is 79.6 Å². The number of nitro benzene ring substituents is 1. The van der Waals surface area contributed by atoms with Crippen molar-refractivity contribution in [2.24, 2.45) is 5.10 Å². The van der Waals surface area contributed by atoms with Gasteiger partial charge in [-0.05, 0) is 46.3 Å². The van der Waals surface area contributed by atoms with Gasteiger partial charge in [-0.25, -0.2) is 4.39 Å². The quantitative estimate of drug-likeness (QED) is 0.355. The first-order chi connectivity index (χ1) is 11.0. The van der Waals surface area contributed by atoms with Crippen molar-refractivity contribution in [1.29, 1.82) is 0 Å². The number of benzene rings is 2. The summed E-state index contributed by atoms with van der Waals surface area (Å²) < 4.78 is 13.8. The molecule has 118 valence electrons. The highest BCUT2D eigenvalue weighted by atomic mass is 79.9. The third kappa shape index (κ3) is 4.80. The van der Waals surface area contributed by atoms with Gasteiger partial charge >= 0.3 is 0 Å². The van der Waals surface area contributed by atoms with E-state index in [-0.39, 0.29) is 16.5 Å². The lowest BCUT2D eigenvalue weighted by molar-refractivity contribution is -0.385. The Bertz CT molecular complexity index is 785. The van der Waals surface area contributed by atoms with Crippen molar-refractivity contribution in [2.45, 2.75) is 0 Å². The Balaban J connectivity index is 1.99. The molecule has 0 amide bonds. The Morgan fingerprint density at radius 3 is 2.78 bits per heavy atom. The van der Waals surface area contributed by atoms with Crippen LogP contribution in [0.5, 0.6) is 0 Å². The van der Waals surface area contributed by atoms with Crippen LogP contribution >= 0.6 is 28.1 Å². The van der Waals surface area contributed by atoms with Gasteiger partial charge in [0.2, 0.25) is 0 Å². The summed E-state index contributed by atoms with van der Waals surface area (Å²) in [6, 6.07) is 10.6. The molecular weight excluding hydrogens is 387 g/mol. The van der Waals surface area contributed by atoms with Crippen LogP contribution in [0.4, 0.5) is 15.8 Å². The minimum atomic E-state index is -0.501. The first kappa shape index (κ1) is 17.0. The van der Waals surface area contributed by atoms with Crippen LogP contribution in [0.15, 0.2) is 52.0 Å². The second-order valence-corrected chi connectivity index (χ2v) is 5.53. The maximum absolute atomic E-state index is 13.4. The lowest BCUT2D eigenvalue weighted by Gasteiger charge is -2.07. The number of anilines is 1. The average molecular weight is 397 g/mol. The number of rotatable bonds is 4. The molecule has 0 bridgehead atoms. The lowest BCUT2D eigenvalue weighted by atomic mass is 10.2. The van der Waals surface area contributed by atoms with Crippen LogP contribution in [-0.2, 0) is 0 Å². The van der Waals surface area contributed by atoms with Crippen molar-refractivity contribution in [3.8, 4) is 0 Å². The number of hydrogen-bond acceptors (Lipinski definition) is 4. The minimum Gasteiger partial charge on any atom is -0.329 e. The normalized spacial score (nSPS) is 10.5. The van der Waals surface area contributed by atoms with Crippen LogP contribution in [0.25, 0.3) is 0 Å². The number of nitrogens with zero attached hydrogens (tertiary/aromatic N) is 2. The Hall–Kier alpha value is -2.39. The Kier molecular flexibility index (Phi) is 5.72. The maximum atomic E-state index is 13.4. The average Bonchev–Trinajstić information content (AvgIpc) is 2.51. The van der Waals surface area contributed by atoms with Gasteiger partial charge in [-0.3, -0.25) is 15.5 Å². The molecule has 0 spiro atoms. The van der Waals surface area contributed by atoms with Gasteiger partial charge in [0.05, 0.1) is 21.3 Å². The number of hydrazone groups is 1. The summed E-state index contributed by atoms with van der Waals surface area (Å²) in [6.07, 6.45) is 1.37. The molecule has 0 heterocycles. The molecule has 0 atom stereocenters. The van der Waals surface area contributed by atoms with E-state index in [1.165, 1.54) is 24.4 Å². The molecule has 0 aliphatic rings. The zero-order valence-electron chi connectivity index (χ0n) is 11.5. The third-order valence-electron chi connectivity index (χ3n) is 2.67. The van der Waals surface area contributed by atoms with E-state index in [4.69, 9.17) is 12.2 Å². The molecule has 23 heavy (non-hydrogen) atoms. The van der Waals surface area contributed by atoms with Crippen molar-refractivity contribution in [3.05, 3.63) is 68.4 Å². The number of nitrogens with one attached hydrogen (secondary N) is 2. The van der Waals surface area contributed by atoms with Gasteiger partial charge in [0.25, 0.3) is 5.69 Å². The van der Waals surface area contributed by atoms with E-state index in [1.54, 1.807) is 24.3 Å². The largest absolute Gasteiger partial charge is 0.329 e. The zero-order valence-corrected chi connectivity index (χ0v) is 13.9. The predicted molar refractivity (Wildman–Crippen MR) is 94.1 cm³/mol. The SMILES string of the molecule is O=[N+]([O-])c1cc(/C=N\NC(=S)Nc2ccccc2F)ccc1Br. The smallest absolute Gasteiger partial charge is 0.284 e. The fourth-order valence-corrected chi connectivity index (χ4v) is 2.18. The third-order valence-corrected chi connectivity index (χ3v) is 3.53.